The molecule has 4 aromatic carbocycles. The number of fused-ring (bicyclic) bond motifs is 2. The number of furan rings is 1. The monoisotopic (exact) mass is 434 g/mol. The fourth-order valence-electron chi connectivity index (χ4n) is 5.72. The molecule has 0 unspecified atom stereocenters. The molecule has 0 atom stereocenters. The summed E-state index contributed by atoms with van der Waals surface area (Å²) in [4.78, 5) is 4.77. The second-order valence-electron chi connectivity index (χ2n) is 8.77. The predicted octanol–water partition coefficient (Wildman–Crippen LogP) is 8.24. The Kier molecular flexibility index (Phi) is 3.39. The molecule has 0 radical (unpaired) electrons. The minimum atomic E-state index is 0.910. The van der Waals surface area contributed by atoms with Crippen LogP contribution in [0.5, 0.6) is 0 Å². The molecule has 0 aliphatic heterocycles. The van der Waals surface area contributed by atoms with Crippen LogP contribution >= 0.6 is 0 Å². The van der Waals surface area contributed by atoms with E-state index in [-0.39, 0.29) is 0 Å². The van der Waals surface area contributed by atoms with E-state index in [9.17, 15) is 0 Å². The van der Waals surface area contributed by atoms with Crippen molar-refractivity contribution >= 4 is 32.8 Å². The van der Waals surface area contributed by atoms with Gasteiger partial charge in [-0.05, 0) is 52.6 Å². The van der Waals surface area contributed by atoms with Gasteiger partial charge in [-0.25, -0.2) is 4.98 Å². The summed E-state index contributed by atoms with van der Waals surface area (Å²) in [6.45, 7) is 0. The normalized spacial score (nSPS) is 12.1. The van der Waals surface area contributed by atoms with E-state index in [4.69, 9.17) is 9.40 Å². The maximum Gasteiger partial charge on any atom is 0.137 e. The fourth-order valence-corrected chi connectivity index (χ4v) is 5.72. The summed E-state index contributed by atoms with van der Waals surface area (Å²) in [5.74, 6) is 0.910. The highest BCUT2D eigenvalue weighted by Crippen LogP contribution is 2.53. The molecule has 0 bridgehead atoms. The van der Waals surface area contributed by atoms with Crippen LogP contribution in [0.1, 0.15) is 0 Å². The first-order valence-electron chi connectivity index (χ1n) is 11.5. The largest absolute Gasteiger partial charge is 0.456 e. The summed E-state index contributed by atoms with van der Waals surface area (Å²) in [5.41, 5.74) is 10.2. The average Bonchev–Trinajstić information content (AvgIpc) is 3.42. The molecule has 0 spiro atoms. The number of hydrogen-bond donors (Lipinski definition) is 0. The maximum absolute atomic E-state index is 6.34. The number of benzene rings is 4. The fraction of sp³-hybridized carbons (Fsp3) is 0. The van der Waals surface area contributed by atoms with Crippen LogP contribution in [0.3, 0.4) is 0 Å². The second kappa shape index (κ2) is 6.46. The first-order chi connectivity index (χ1) is 16.9. The lowest BCUT2D eigenvalue weighted by Crippen LogP contribution is -2.00. The highest BCUT2D eigenvalue weighted by Gasteiger charge is 2.29. The zero-order chi connectivity index (χ0) is 22.2. The van der Waals surface area contributed by atoms with Gasteiger partial charge in [0.1, 0.15) is 17.0 Å². The molecule has 3 aromatic heterocycles. The van der Waals surface area contributed by atoms with E-state index in [1.807, 2.05) is 18.3 Å². The Morgan fingerprint density at radius 2 is 1.24 bits per heavy atom. The molecule has 3 nitrogen and oxygen atoms in total. The highest BCUT2D eigenvalue weighted by molar-refractivity contribution is 6.27. The molecule has 0 N–H and O–H groups in total. The maximum atomic E-state index is 6.34. The molecule has 0 saturated heterocycles. The van der Waals surface area contributed by atoms with E-state index in [2.05, 4.69) is 95.6 Å². The second-order valence-corrected chi connectivity index (χ2v) is 8.77. The molecular formula is C31H18N2O. The molecule has 0 amide bonds. The molecule has 3 heterocycles. The lowest BCUT2D eigenvalue weighted by atomic mass is 9.95. The summed E-state index contributed by atoms with van der Waals surface area (Å²) in [6.07, 6.45) is 1.86. The predicted molar refractivity (Wildman–Crippen MR) is 138 cm³/mol. The van der Waals surface area contributed by atoms with Crippen molar-refractivity contribution < 1.29 is 4.42 Å². The Morgan fingerprint density at radius 1 is 0.559 bits per heavy atom. The smallest absolute Gasteiger partial charge is 0.137 e. The first kappa shape index (κ1) is 17.9. The number of pyridine rings is 1. The summed E-state index contributed by atoms with van der Waals surface area (Å²) in [5, 5.41) is 3.63. The molecule has 34 heavy (non-hydrogen) atoms. The van der Waals surface area contributed by atoms with E-state index >= 15 is 0 Å². The van der Waals surface area contributed by atoms with Gasteiger partial charge in [0.2, 0.25) is 0 Å². The average molecular weight is 434 g/mol. The quantitative estimate of drug-likeness (QED) is 0.274. The Morgan fingerprint density at radius 3 is 2.00 bits per heavy atom. The minimum absolute atomic E-state index is 0.910. The Balaban J connectivity index is 1.69. The molecule has 3 heteroatoms. The van der Waals surface area contributed by atoms with Crippen LogP contribution in [0.15, 0.2) is 114 Å². The van der Waals surface area contributed by atoms with Gasteiger partial charge in [-0.1, -0.05) is 72.8 Å². The van der Waals surface area contributed by atoms with Crippen LogP contribution < -0.4 is 0 Å². The minimum Gasteiger partial charge on any atom is -0.456 e. The van der Waals surface area contributed by atoms with Gasteiger partial charge in [0, 0.05) is 27.9 Å². The van der Waals surface area contributed by atoms with Gasteiger partial charge in [-0.3, -0.25) is 4.57 Å². The Bertz CT molecular complexity index is 1890. The number of aromatic nitrogens is 2. The van der Waals surface area contributed by atoms with E-state index in [1.54, 1.807) is 0 Å². The van der Waals surface area contributed by atoms with Crippen molar-refractivity contribution in [2.45, 2.75) is 0 Å². The molecule has 1 aliphatic carbocycles. The lowest BCUT2D eigenvalue weighted by molar-refractivity contribution is 0.669. The van der Waals surface area contributed by atoms with Crippen LogP contribution in [0.25, 0.3) is 72.2 Å². The zero-order valence-electron chi connectivity index (χ0n) is 18.2. The van der Waals surface area contributed by atoms with Crippen LogP contribution in [-0.4, -0.2) is 9.55 Å². The Hall–Kier alpha value is -4.63. The van der Waals surface area contributed by atoms with Gasteiger partial charge in [0.25, 0.3) is 0 Å². The summed E-state index contributed by atoms with van der Waals surface area (Å²) >= 11 is 0. The molecule has 8 rings (SSSR count). The summed E-state index contributed by atoms with van der Waals surface area (Å²) in [6, 6.07) is 36.2. The van der Waals surface area contributed by atoms with Crippen LogP contribution in [0.4, 0.5) is 0 Å². The molecule has 7 aromatic rings. The van der Waals surface area contributed by atoms with Gasteiger partial charge < -0.3 is 4.42 Å². The first-order valence-corrected chi connectivity index (χ1v) is 11.5. The van der Waals surface area contributed by atoms with E-state index in [0.717, 1.165) is 33.8 Å². The van der Waals surface area contributed by atoms with Crippen molar-refractivity contribution in [1.82, 2.24) is 9.55 Å². The van der Waals surface area contributed by atoms with Crippen LogP contribution in [-0.2, 0) is 0 Å². The van der Waals surface area contributed by atoms with Crippen molar-refractivity contribution in [3.8, 4) is 39.3 Å². The molecule has 1 aliphatic rings. The molecule has 0 saturated carbocycles. The third-order valence-corrected chi connectivity index (χ3v) is 7.00. The van der Waals surface area contributed by atoms with Gasteiger partial charge >= 0.3 is 0 Å². The standard InChI is InChI=1S/C31H18N2O/c1-2-9-19(10-3-1)31-30-22-13-8-16-25-29(22)28-21(12-7-15-24(28)34-25)20-11-6-14-23(27(20)30)33(31)26-17-4-5-18-32-26/h1-18H. The van der Waals surface area contributed by atoms with Crippen molar-refractivity contribution in [2.24, 2.45) is 0 Å². The van der Waals surface area contributed by atoms with E-state index in [0.29, 0.717) is 0 Å². The topological polar surface area (TPSA) is 31.0 Å². The Labute approximate surface area is 195 Å². The van der Waals surface area contributed by atoms with Crippen molar-refractivity contribution in [3.63, 3.8) is 0 Å². The molecular weight excluding hydrogens is 416 g/mol. The van der Waals surface area contributed by atoms with Gasteiger partial charge in [0.15, 0.2) is 0 Å². The van der Waals surface area contributed by atoms with Gasteiger partial charge in [0.05, 0.1) is 11.2 Å². The molecule has 158 valence electrons. The number of nitrogens with zero attached hydrogens (tertiary/aromatic N) is 2. The highest BCUT2D eigenvalue weighted by atomic mass is 16.3. The number of hydrogen-bond acceptors (Lipinski definition) is 2. The van der Waals surface area contributed by atoms with Gasteiger partial charge in [-0.2, -0.15) is 0 Å². The van der Waals surface area contributed by atoms with Gasteiger partial charge in [-0.15, -0.1) is 0 Å². The number of rotatable bonds is 2. The summed E-state index contributed by atoms with van der Waals surface area (Å²) in [7, 11) is 0. The zero-order valence-corrected chi connectivity index (χ0v) is 18.2. The van der Waals surface area contributed by atoms with Crippen LogP contribution in [0.2, 0.25) is 0 Å². The molecule has 0 fully saturated rings. The third-order valence-electron chi connectivity index (χ3n) is 7.00. The van der Waals surface area contributed by atoms with Crippen LogP contribution in [0, 0.1) is 0 Å². The summed E-state index contributed by atoms with van der Waals surface area (Å²) < 4.78 is 8.65. The van der Waals surface area contributed by atoms with E-state index in [1.165, 1.54) is 38.4 Å². The lowest BCUT2D eigenvalue weighted by Gasteiger charge is -2.13. The van der Waals surface area contributed by atoms with Crippen molar-refractivity contribution in [2.75, 3.05) is 0 Å². The third kappa shape index (κ3) is 2.18. The SMILES string of the molecule is c1ccc(-c2c3c4c(cccc4n2-c2ccccn2)-c2cccc4oc5cccc-3c5c24)cc1. The van der Waals surface area contributed by atoms with Crippen molar-refractivity contribution in [3.05, 3.63) is 109 Å². The van der Waals surface area contributed by atoms with E-state index < -0.39 is 0 Å². The van der Waals surface area contributed by atoms with Crippen molar-refractivity contribution in [1.29, 1.82) is 0 Å².